The number of rotatable bonds is 3. The maximum atomic E-state index is 12.5. The number of Topliss-reactive ketones (excluding diaryl/α,β-unsaturated/α-hetero) is 1. The number of hydrogen-bond donors (Lipinski definition) is 1. The van der Waals surface area contributed by atoms with Crippen LogP contribution in [-0.4, -0.2) is 16.9 Å². The summed E-state index contributed by atoms with van der Waals surface area (Å²) in [6, 6.07) is 8.01. The molecule has 1 fully saturated rings. The van der Waals surface area contributed by atoms with E-state index in [1.54, 1.807) is 0 Å². The Morgan fingerprint density at radius 2 is 2.12 bits per heavy atom. The van der Waals surface area contributed by atoms with Crippen molar-refractivity contribution in [3.63, 3.8) is 0 Å². The average Bonchev–Trinajstić information content (AvgIpc) is 3.10. The van der Waals surface area contributed by atoms with E-state index in [-0.39, 0.29) is 11.2 Å². The minimum Gasteiger partial charge on any atom is -0.350 e. The quantitative estimate of drug-likeness (QED) is 0.818. The predicted molar refractivity (Wildman–Crippen MR) is 68.0 cm³/mol. The van der Waals surface area contributed by atoms with Gasteiger partial charge in [0.2, 0.25) is 0 Å². The highest BCUT2D eigenvalue weighted by molar-refractivity contribution is 6.11. The number of benzene rings is 1. The van der Waals surface area contributed by atoms with Crippen molar-refractivity contribution in [2.24, 2.45) is 18.2 Å². The van der Waals surface area contributed by atoms with Crippen molar-refractivity contribution < 1.29 is 4.79 Å². The number of fused-ring (bicyclic) bond motifs is 1. The van der Waals surface area contributed by atoms with Crippen LogP contribution in [-0.2, 0) is 7.05 Å². The number of nitrogens with two attached hydrogens (primary N) is 1. The Morgan fingerprint density at radius 1 is 1.41 bits per heavy atom. The summed E-state index contributed by atoms with van der Waals surface area (Å²) in [6.45, 7) is 0.467. The third-order valence-corrected chi connectivity index (χ3v) is 3.87. The van der Waals surface area contributed by atoms with Crippen LogP contribution in [0.5, 0.6) is 0 Å². The van der Waals surface area contributed by atoms with Crippen molar-refractivity contribution >= 4 is 16.7 Å². The van der Waals surface area contributed by atoms with Gasteiger partial charge in [-0.2, -0.15) is 0 Å². The second-order valence-electron chi connectivity index (χ2n) is 4.98. The first-order valence-electron chi connectivity index (χ1n) is 5.97. The molecule has 0 aliphatic heterocycles. The monoisotopic (exact) mass is 228 g/mol. The molecule has 1 aliphatic carbocycles. The zero-order valence-corrected chi connectivity index (χ0v) is 9.94. The zero-order valence-electron chi connectivity index (χ0n) is 9.94. The second kappa shape index (κ2) is 3.44. The minimum atomic E-state index is -0.260. The van der Waals surface area contributed by atoms with E-state index < -0.39 is 0 Å². The summed E-state index contributed by atoms with van der Waals surface area (Å²) in [5.74, 6) is 0.219. The van der Waals surface area contributed by atoms with Crippen LogP contribution in [0, 0.1) is 5.41 Å². The summed E-state index contributed by atoms with van der Waals surface area (Å²) in [5.41, 5.74) is 7.40. The Kier molecular flexibility index (Phi) is 2.13. The molecule has 1 saturated carbocycles. The first-order valence-corrected chi connectivity index (χ1v) is 5.97. The van der Waals surface area contributed by atoms with Crippen LogP contribution < -0.4 is 5.73 Å². The number of carbonyl (C=O) groups excluding carboxylic acids is 1. The molecule has 1 aromatic carbocycles. The van der Waals surface area contributed by atoms with Crippen molar-refractivity contribution in [3.8, 4) is 0 Å². The number of ketones is 1. The van der Waals surface area contributed by atoms with Crippen molar-refractivity contribution in [1.82, 2.24) is 4.57 Å². The normalized spacial score (nSPS) is 17.3. The minimum absolute atomic E-state index is 0.219. The topological polar surface area (TPSA) is 48.0 Å². The summed E-state index contributed by atoms with van der Waals surface area (Å²) < 4.78 is 2.01. The first kappa shape index (κ1) is 10.5. The molecular formula is C14H16N2O. The molecule has 2 aromatic rings. The lowest BCUT2D eigenvalue weighted by Gasteiger charge is -2.09. The maximum absolute atomic E-state index is 12.5. The van der Waals surface area contributed by atoms with Crippen LogP contribution in [0.2, 0.25) is 0 Å². The number of aryl methyl sites for hydroxylation is 1. The molecule has 1 heterocycles. The fourth-order valence-electron chi connectivity index (χ4n) is 2.48. The van der Waals surface area contributed by atoms with E-state index in [9.17, 15) is 4.79 Å². The molecule has 1 aliphatic rings. The third-order valence-electron chi connectivity index (χ3n) is 3.87. The molecule has 0 unspecified atom stereocenters. The summed E-state index contributed by atoms with van der Waals surface area (Å²) >= 11 is 0. The molecule has 0 bridgehead atoms. The van der Waals surface area contributed by atoms with Crippen molar-refractivity contribution in [1.29, 1.82) is 0 Å². The average molecular weight is 228 g/mol. The molecule has 88 valence electrons. The summed E-state index contributed by atoms with van der Waals surface area (Å²) in [5, 5.41) is 1.04. The Labute approximate surface area is 100 Å². The number of nitrogens with zero attached hydrogens (tertiary/aromatic N) is 1. The summed E-state index contributed by atoms with van der Waals surface area (Å²) in [4.78, 5) is 12.5. The number of aromatic nitrogens is 1. The fourth-order valence-corrected chi connectivity index (χ4v) is 2.48. The molecule has 3 nitrogen and oxygen atoms in total. The van der Waals surface area contributed by atoms with Crippen LogP contribution in [0.4, 0.5) is 0 Å². The van der Waals surface area contributed by atoms with E-state index >= 15 is 0 Å². The Hall–Kier alpha value is -1.61. The van der Waals surface area contributed by atoms with E-state index in [0.29, 0.717) is 6.54 Å². The van der Waals surface area contributed by atoms with Gasteiger partial charge in [0.25, 0.3) is 0 Å². The van der Waals surface area contributed by atoms with E-state index in [1.807, 2.05) is 42.1 Å². The number of carbonyl (C=O) groups is 1. The van der Waals surface area contributed by atoms with Gasteiger partial charge in [-0.25, -0.2) is 0 Å². The molecule has 2 N–H and O–H groups in total. The molecular weight excluding hydrogens is 212 g/mol. The van der Waals surface area contributed by atoms with Crippen molar-refractivity contribution in [3.05, 3.63) is 36.0 Å². The van der Waals surface area contributed by atoms with Crippen LogP contribution in [0.3, 0.4) is 0 Å². The Bertz CT molecular complexity index is 593. The highest BCUT2D eigenvalue weighted by Crippen LogP contribution is 2.48. The van der Waals surface area contributed by atoms with Gasteiger partial charge in [0.05, 0.1) is 0 Å². The van der Waals surface area contributed by atoms with E-state index in [0.717, 1.165) is 29.3 Å². The largest absolute Gasteiger partial charge is 0.350 e. The summed E-state index contributed by atoms with van der Waals surface area (Å²) in [6.07, 6.45) is 3.81. The van der Waals surface area contributed by atoms with Gasteiger partial charge in [-0.15, -0.1) is 0 Å². The molecule has 1 aromatic heterocycles. The predicted octanol–water partition coefficient (Wildman–Crippen LogP) is 2.10. The van der Waals surface area contributed by atoms with Crippen molar-refractivity contribution in [2.45, 2.75) is 12.8 Å². The van der Waals surface area contributed by atoms with E-state index in [4.69, 9.17) is 5.73 Å². The van der Waals surface area contributed by atoms with E-state index in [2.05, 4.69) is 0 Å². The first-order chi connectivity index (χ1) is 8.18. The lowest BCUT2D eigenvalue weighted by molar-refractivity contribution is 0.0907. The van der Waals surface area contributed by atoms with Gasteiger partial charge in [-0.3, -0.25) is 4.79 Å². The molecule has 0 atom stereocenters. The highest BCUT2D eigenvalue weighted by atomic mass is 16.1. The van der Waals surface area contributed by atoms with Crippen molar-refractivity contribution in [2.75, 3.05) is 6.54 Å². The SMILES string of the molecule is Cn1cc(C(=O)C2(CN)CC2)c2ccccc21. The molecule has 3 rings (SSSR count). The van der Waals surface area contributed by atoms with Crippen LogP contribution in [0.1, 0.15) is 23.2 Å². The van der Waals surface area contributed by atoms with Gasteiger partial charge in [0.15, 0.2) is 5.78 Å². The second-order valence-corrected chi connectivity index (χ2v) is 4.98. The zero-order chi connectivity index (χ0) is 12.0. The number of para-hydroxylation sites is 1. The molecule has 0 amide bonds. The highest BCUT2D eigenvalue weighted by Gasteiger charge is 2.49. The molecule has 3 heteroatoms. The lowest BCUT2D eigenvalue weighted by atomic mass is 9.94. The van der Waals surface area contributed by atoms with Gasteiger partial charge in [0.1, 0.15) is 0 Å². The molecule has 0 radical (unpaired) electrons. The van der Waals surface area contributed by atoms with Gasteiger partial charge < -0.3 is 10.3 Å². The van der Waals surface area contributed by atoms with Gasteiger partial charge >= 0.3 is 0 Å². The fraction of sp³-hybridized carbons (Fsp3) is 0.357. The maximum Gasteiger partial charge on any atom is 0.172 e. The Morgan fingerprint density at radius 3 is 2.76 bits per heavy atom. The lowest BCUT2D eigenvalue weighted by Crippen LogP contribution is -2.25. The molecule has 0 spiro atoms. The van der Waals surface area contributed by atoms with Crippen LogP contribution >= 0.6 is 0 Å². The van der Waals surface area contributed by atoms with Crippen LogP contribution in [0.15, 0.2) is 30.5 Å². The van der Waals surface area contributed by atoms with Gasteiger partial charge in [0, 0.05) is 41.7 Å². The number of hydrogen-bond acceptors (Lipinski definition) is 2. The third kappa shape index (κ3) is 1.42. The molecule has 0 saturated heterocycles. The van der Waals surface area contributed by atoms with Gasteiger partial charge in [-0.05, 0) is 18.9 Å². The summed E-state index contributed by atoms with van der Waals surface area (Å²) in [7, 11) is 1.97. The van der Waals surface area contributed by atoms with Crippen LogP contribution in [0.25, 0.3) is 10.9 Å². The Balaban J connectivity index is 2.15. The van der Waals surface area contributed by atoms with Gasteiger partial charge in [-0.1, -0.05) is 18.2 Å². The molecule has 17 heavy (non-hydrogen) atoms. The van der Waals surface area contributed by atoms with E-state index in [1.165, 1.54) is 0 Å². The smallest absolute Gasteiger partial charge is 0.172 e. The standard InChI is InChI=1S/C14H16N2O/c1-16-8-11(10-4-2-3-5-12(10)16)13(17)14(9-15)6-7-14/h2-5,8H,6-7,9,15H2,1H3.